The lowest BCUT2D eigenvalue weighted by Crippen LogP contribution is -2.20. The second-order valence-electron chi connectivity index (χ2n) is 6.25. The number of rotatable bonds is 5. The molecule has 31 heavy (non-hydrogen) atoms. The maximum Gasteiger partial charge on any atom is 0.416 e. The lowest BCUT2D eigenvalue weighted by Gasteiger charge is -2.14. The zero-order chi connectivity index (χ0) is 22.8. The number of hydrogen-bond donors (Lipinski definition) is 4. The normalized spacial score (nSPS) is 11.1. The third kappa shape index (κ3) is 4.69. The maximum absolute atomic E-state index is 12.9. The van der Waals surface area contributed by atoms with Gasteiger partial charge in [0.05, 0.1) is 18.4 Å². The van der Waals surface area contributed by atoms with Crippen molar-refractivity contribution in [3.05, 3.63) is 60.0 Å². The summed E-state index contributed by atoms with van der Waals surface area (Å²) in [5.41, 5.74) is 10.8. The van der Waals surface area contributed by atoms with Gasteiger partial charge in [0.2, 0.25) is 0 Å². The molecule has 0 spiro atoms. The van der Waals surface area contributed by atoms with Gasteiger partial charge in [0.15, 0.2) is 5.69 Å². The summed E-state index contributed by atoms with van der Waals surface area (Å²) in [4.78, 5) is 27.3. The van der Waals surface area contributed by atoms with Crippen LogP contribution in [0.4, 0.5) is 35.2 Å². The fraction of sp³-hybridized carbons (Fsp3) is 0.105. The molecule has 6 N–H and O–H groups in total. The molecule has 0 aliphatic rings. The second kappa shape index (κ2) is 8.26. The highest BCUT2D eigenvalue weighted by atomic mass is 19.4. The molecule has 9 nitrogen and oxygen atoms in total. The molecule has 3 aromatic rings. The van der Waals surface area contributed by atoms with Crippen molar-refractivity contribution in [3.8, 4) is 11.4 Å². The fourth-order valence-corrected chi connectivity index (χ4v) is 2.73. The molecule has 3 amide bonds. The van der Waals surface area contributed by atoms with Crippen molar-refractivity contribution in [1.82, 2.24) is 9.55 Å². The van der Waals surface area contributed by atoms with E-state index < -0.39 is 23.7 Å². The SMILES string of the molecule is COc1ccc(C(F)(F)F)cc1NC(=O)Nc1ccc(-n2cnc(C(N)=O)c2N)cc1. The topological polar surface area (TPSA) is 137 Å². The van der Waals surface area contributed by atoms with E-state index in [1.807, 2.05) is 0 Å². The van der Waals surface area contributed by atoms with E-state index in [2.05, 4.69) is 15.6 Å². The summed E-state index contributed by atoms with van der Waals surface area (Å²) < 4.78 is 45.2. The summed E-state index contributed by atoms with van der Waals surface area (Å²) in [5, 5.41) is 4.83. The number of nitrogens with zero attached hydrogens (tertiary/aromatic N) is 2. The Bertz CT molecular complexity index is 1130. The smallest absolute Gasteiger partial charge is 0.416 e. The first-order valence-corrected chi connectivity index (χ1v) is 8.66. The third-order valence-electron chi connectivity index (χ3n) is 4.22. The van der Waals surface area contributed by atoms with Crippen LogP contribution in [0.2, 0.25) is 0 Å². The number of alkyl halides is 3. The second-order valence-corrected chi connectivity index (χ2v) is 6.25. The van der Waals surface area contributed by atoms with Crippen molar-refractivity contribution in [2.75, 3.05) is 23.5 Å². The van der Waals surface area contributed by atoms with Crippen molar-refractivity contribution in [1.29, 1.82) is 0 Å². The van der Waals surface area contributed by atoms with Crippen LogP contribution >= 0.6 is 0 Å². The van der Waals surface area contributed by atoms with Gasteiger partial charge < -0.3 is 26.8 Å². The quantitative estimate of drug-likeness (QED) is 0.489. The van der Waals surface area contributed by atoms with Crippen molar-refractivity contribution in [3.63, 3.8) is 0 Å². The number of carbonyl (C=O) groups excluding carboxylic acids is 2. The van der Waals surface area contributed by atoms with Crippen LogP contribution in [0, 0.1) is 0 Å². The number of hydrogen-bond acceptors (Lipinski definition) is 5. The molecule has 2 aromatic carbocycles. The fourth-order valence-electron chi connectivity index (χ4n) is 2.73. The number of aromatic nitrogens is 2. The Kier molecular flexibility index (Phi) is 5.72. The third-order valence-corrected chi connectivity index (χ3v) is 4.22. The molecule has 0 fully saturated rings. The number of primary amides is 1. The van der Waals surface area contributed by atoms with Gasteiger partial charge in [-0.2, -0.15) is 13.2 Å². The Labute approximate surface area is 173 Å². The van der Waals surface area contributed by atoms with Gasteiger partial charge in [-0.3, -0.25) is 9.36 Å². The van der Waals surface area contributed by atoms with Gasteiger partial charge in [0, 0.05) is 11.4 Å². The molecule has 0 bridgehead atoms. The van der Waals surface area contributed by atoms with Crippen molar-refractivity contribution in [2.24, 2.45) is 5.73 Å². The minimum atomic E-state index is -4.57. The van der Waals surface area contributed by atoms with E-state index in [9.17, 15) is 22.8 Å². The molecule has 1 heterocycles. The molecule has 3 rings (SSSR count). The van der Waals surface area contributed by atoms with Crippen LogP contribution in [0.1, 0.15) is 16.1 Å². The molecule has 0 saturated heterocycles. The predicted molar refractivity (Wildman–Crippen MR) is 107 cm³/mol. The number of ether oxygens (including phenoxy) is 1. The van der Waals surface area contributed by atoms with E-state index in [0.717, 1.165) is 18.2 Å². The first-order chi connectivity index (χ1) is 14.6. The van der Waals surface area contributed by atoms with E-state index in [4.69, 9.17) is 16.2 Å². The zero-order valence-corrected chi connectivity index (χ0v) is 16.0. The van der Waals surface area contributed by atoms with Crippen LogP contribution in [-0.2, 0) is 6.18 Å². The summed E-state index contributed by atoms with van der Waals surface area (Å²) in [6.07, 6.45) is -3.25. The average Bonchev–Trinajstić information content (AvgIpc) is 3.09. The minimum absolute atomic E-state index is 0.0580. The lowest BCUT2D eigenvalue weighted by atomic mass is 10.2. The van der Waals surface area contributed by atoms with E-state index in [0.29, 0.717) is 11.4 Å². The highest BCUT2D eigenvalue weighted by molar-refractivity contribution is 6.00. The number of halogens is 3. The lowest BCUT2D eigenvalue weighted by molar-refractivity contribution is -0.137. The summed E-state index contributed by atoms with van der Waals surface area (Å²) >= 11 is 0. The summed E-state index contributed by atoms with van der Waals surface area (Å²) in [7, 11) is 1.27. The molecule has 12 heteroatoms. The molecular formula is C19H17F3N6O3. The molecule has 0 atom stereocenters. The van der Waals surface area contributed by atoms with Crippen LogP contribution in [0.3, 0.4) is 0 Å². The van der Waals surface area contributed by atoms with Crippen molar-refractivity contribution in [2.45, 2.75) is 6.18 Å². The standard InChI is InChI=1S/C19H17F3N6O3/c1-31-14-7-2-10(19(20,21)22)8-13(14)27-18(30)26-11-3-5-12(6-4-11)28-9-25-15(16(28)23)17(24)29/h2-9H,23H2,1H3,(H2,24,29)(H2,26,27,30). The highest BCUT2D eigenvalue weighted by Crippen LogP contribution is 2.35. The maximum atomic E-state index is 12.9. The largest absolute Gasteiger partial charge is 0.495 e. The van der Waals surface area contributed by atoms with Gasteiger partial charge in [-0.1, -0.05) is 0 Å². The Balaban J connectivity index is 1.74. The molecule has 0 saturated carbocycles. The van der Waals surface area contributed by atoms with Gasteiger partial charge in [-0.05, 0) is 42.5 Å². The summed E-state index contributed by atoms with van der Waals surface area (Å²) in [6, 6.07) is 8.20. The van der Waals surface area contributed by atoms with E-state index in [-0.39, 0.29) is 22.9 Å². The van der Waals surface area contributed by atoms with Gasteiger partial charge in [0.1, 0.15) is 17.9 Å². The molecule has 0 radical (unpaired) electrons. The first kappa shape index (κ1) is 21.5. The number of carbonyl (C=O) groups is 2. The number of imidazole rings is 1. The molecule has 0 aliphatic carbocycles. The number of methoxy groups -OCH3 is 1. The Hall–Kier alpha value is -4.22. The Morgan fingerprint density at radius 1 is 1.10 bits per heavy atom. The highest BCUT2D eigenvalue weighted by Gasteiger charge is 2.31. The van der Waals surface area contributed by atoms with Crippen molar-refractivity contribution >= 4 is 29.1 Å². The number of benzene rings is 2. The number of nitrogen functional groups attached to an aromatic ring is 1. The number of nitrogens with two attached hydrogens (primary N) is 2. The molecule has 1 aromatic heterocycles. The zero-order valence-electron chi connectivity index (χ0n) is 16.0. The number of anilines is 3. The van der Waals surface area contributed by atoms with Gasteiger partial charge >= 0.3 is 12.2 Å². The van der Waals surface area contributed by atoms with Gasteiger partial charge in [-0.25, -0.2) is 9.78 Å². The van der Waals surface area contributed by atoms with Crippen LogP contribution in [-0.4, -0.2) is 28.6 Å². The number of urea groups is 1. The molecule has 0 unspecified atom stereocenters. The number of amides is 3. The minimum Gasteiger partial charge on any atom is -0.495 e. The molecule has 162 valence electrons. The van der Waals surface area contributed by atoms with Crippen LogP contribution in [0.25, 0.3) is 5.69 Å². The molecule has 0 aliphatic heterocycles. The monoisotopic (exact) mass is 434 g/mol. The van der Waals surface area contributed by atoms with Gasteiger partial charge in [-0.15, -0.1) is 0 Å². The number of nitrogens with one attached hydrogen (secondary N) is 2. The van der Waals surface area contributed by atoms with E-state index in [1.54, 1.807) is 12.1 Å². The van der Waals surface area contributed by atoms with Crippen LogP contribution in [0.15, 0.2) is 48.8 Å². The van der Waals surface area contributed by atoms with Crippen LogP contribution < -0.4 is 26.8 Å². The van der Waals surface area contributed by atoms with Gasteiger partial charge in [0.25, 0.3) is 5.91 Å². The van der Waals surface area contributed by atoms with Crippen molar-refractivity contribution < 1.29 is 27.5 Å². The first-order valence-electron chi connectivity index (χ1n) is 8.66. The summed E-state index contributed by atoms with van der Waals surface area (Å²) in [5.74, 6) is -0.641. The Morgan fingerprint density at radius 3 is 2.32 bits per heavy atom. The summed E-state index contributed by atoms with van der Waals surface area (Å²) in [6.45, 7) is 0. The molecular weight excluding hydrogens is 417 g/mol. The predicted octanol–water partition coefficient (Wildman–Crippen LogP) is 3.22. The Morgan fingerprint density at radius 2 is 1.77 bits per heavy atom. The van der Waals surface area contributed by atoms with E-state index >= 15 is 0 Å². The average molecular weight is 434 g/mol. The van der Waals surface area contributed by atoms with E-state index in [1.165, 1.54) is 30.1 Å². The van der Waals surface area contributed by atoms with Crippen LogP contribution in [0.5, 0.6) is 5.75 Å².